The molecule has 70 valence electrons. The summed E-state index contributed by atoms with van der Waals surface area (Å²) in [6.45, 7) is 3.48. The van der Waals surface area contributed by atoms with Crippen LogP contribution in [0.4, 0.5) is 5.95 Å². The fourth-order valence-corrected chi connectivity index (χ4v) is 0.630. The second kappa shape index (κ2) is 3.79. The van der Waals surface area contributed by atoms with Gasteiger partial charge in [-0.1, -0.05) is 13.8 Å². The minimum Gasteiger partial charge on any atom is -0.295 e. The molecule has 1 rings (SSSR count). The normalized spacial score (nSPS) is 10.1. The largest absolute Gasteiger partial charge is 0.295 e. The Balaban J connectivity index is 2.75. The number of rotatable bonds is 2. The first-order valence-corrected chi connectivity index (χ1v) is 3.82. The van der Waals surface area contributed by atoms with E-state index in [2.05, 4.69) is 20.5 Å². The van der Waals surface area contributed by atoms with Crippen molar-refractivity contribution in [3.8, 4) is 0 Å². The topological polar surface area (TPSA) is 87.7 Å². The number of carbonyl (C=O) groups excluding carboxylic acids is 1. The van der Waals surface area contributed by atoms with E-state index in [0.717, 1.165) is 6.20 Å². The van der Waals surface area contributed by atoms with E-state index in [0.29, 0.717) is 0 Å². The van der Waals surface area contributed by atoms with Gasteiger partial charge in [-0.25, -0.2) is 0 Å². The Kier molecular flexibility index (Phi) is 2.73. The van der Waals surface area contributed by atoms with Crippen LogP contribution in [0, 0.1) is 5.92 Å². The quantitative estimate of drug-likeness (QED) is 0.660. The summed E-state index contributed by atoms with van der Waals surface area (Å²) in [6, 6.07) is 0. The van der Waals surface area contributed by atoms with E-state index in [4.69, 9.17) is 0 Å². The van der Waals surface area contributed by atoms with Gasteiger partial charge in [0.1, 0.15) is 6.20 Å². The van der Waals surface area contributed by atoms with Gasteiger partial charge in [0.25, 0.3) is 5.56 Å². The van der Waals surface area contributed by atoms with Crippen LogP contribution in [0.2, 0.25) is 0 Å². The summed E-state index contributed by atoms with van der Waals surface area (Å²) in [5.74, 6) is -0.298. The molecule has 1 amide bonds. The fourth-order valence-electron chi connectivity index (χ4n) is 0.630. The van der Waals surface area contributed by atoms with Crippen LogP contribution in [0.1, 0.15) is 13.8 Å². The van der Waals surface area contributed by atoms with Gasteiger partial charge in [0.2, 0.25) is 11.9 Å². The van der Waals surface area contributed by atoms with Crippen LogP contribution in [0.25, 0.3) is 0 Å². The molecule has 0 saturated heterocycles. The summed E-state index contributed by atoms with van der Waals surface area (Å²) in [6.07, 6.45) is 1.03. The molecule has 0 spiro atoms. The molecule has 0 aliphatic carbocycles. The third kappa shape index (κ3) is 2.66. The number of nitrogens with zero attached hydrogens (tertiary/aromatic N) is 2. The average molecular weight is 182 g/mol. The van der Waals surface area contributed by atoms with E-state index in [1.54, 1.807) is 13.8 Å². The van der Waals surface area contributed by atoms with E-state index in [-0.39, 0.29) is 17.8 Å². The average Bonchev–Trinajstić information content (AvgIpc) is 2.04. The molecule has 0 saturated carbocycles. The smallest absolute Gasteiger partial charge is 0.271 e. The van der Waals surface area contributed by atoms with E-state index < -0.39 is 5.56 Å². The zero-order valence-corrected chi connectivity index (χ0v) is 7.37. The lowest BCUT2D eigenvalue weighted by Crippen LogP contribution is -2.22. The number of anilines is 1. The predicted molar refractivity (Wildman–Crippen MR) is 46.1 cm³/mol. The fraction of sp³-hybridized carbons (Fsp3) is 0.429. The molecular weight excluding hydrogens is 172 g/mol. The molecule has 0 bridgehead atoms. The molecular formula is C7H10N4O2. The standard InChI is InChI=1S/C7H10N4O2/c1-4(2)6(13)10-7-9-5(12)3-8-11-7/h3-4H,1-2H3,(H2,9,10,11,12,13). The lowest BCUT2D eigenvalue weighted by Gasteiger charge is -2.04. The highest BCUT2D eigenvalue weighted by Crippen LogP contribution is 1.96. The monoisotopic (exact) mass is 182 g/mol. The predicted octanol–water partition coefficient (Wildman–Crippen LogP) is -0.241. The summed E-state index contributed by atoms with van der Waals surface area (Å²) in [7, 11) is 0. The summed E-state index contributed by atoms with van der Waals surface area (Å²) < 4.78 is 0. The maximum absolute atomic E-state index is 11.1. The Bertz CT molecular complexity index is 358. The van der Waals surface area contributed by atoms with Crippen molar-refractivity contribution in [3.63, 3.8) is 0 Å². The van der Waals surface area contributed by atoms with Crippen LogP contribution < -0.4 is 10.9 Å². The molecule has 0 atom stereocenters. The summed E-state index contributed by atoms with van der Waals surface area (Å²) in [4.78, 5) is 24.2. The first-order valence-electron chi connectivity index (χ1n) is 3.82. The molecule has 1 aromatic rings. The van der Waals surface area contributed by atoms with Crippen LogP contribution in [0.5, 0.6) is 0 Å². The molecule has 1 aromatic heterocycles. The summed E-state index contributed by atoms with van der Waals surface area (Å²) in [5.41, 5.74) is -0.394. The molecule has 6 heteroatoms. The number of aromatic amines is 1. The molecule has 0 unspecified atom stereocenters. The highest BCUT2D eigenvalue weighted by Gasteiger charge is 2.07. The van der Waals surface area contributed by atoms with Crippen molar-refractivity contribution in [2.75, 3.05) is 5.32 Å². The van der Waals surface area contributed by atoms with Gasteiger partial charge in [-0.15, -0.1) is 10.2 Å². The van der Waals surface area contributed by atoms with Crippen molar-refractivity contribution in [1.29, 1.82) is 0 Å². The van der Waals surface area contributed by atoms with Crippen molar-refractivity contribution in [1.82, 2.24) is 15.2 Å². The summed E-state index contributed by atoms with van der Waals surface area (Å²) >= 11 is 0. The van der Waals surface area contributed by atoms with Crippen molar-refractivity contribution in [3.05, 3.63) is 16.6 Å². The Morgan fingerprint density at radius 3 is 2.85 bits per heavy atom. The Morgan fingerprint density at radius 1 is 1.62 bits per heavy atom. The molecule has 0 aliphatic rings. The van der Waals surface area contributed by atoms with E-state index in [9.17, 15) is 9.59 Å². The van der Waals surface area contributed by atoms with Crippen molar-refractivity contribution in [2.45, 2.75) is 13.8 Å². The third-order valence-corrected chi connectivity index (χ3v) is 1.34. The Hall–Kier alpha value is -1.72. The molecule has 1 heterocycles. The number of amides is 1. The first kappa shape index (κ1) is 9.37. The minimum atomic E-state index is -0.394. The second-order valence-corrected chi connectivity index (χ2v) is 2.83. The second-order valence-electron chi connectivity index (χ2n) is 2.83. The number of hydrogen-bond donors (Lipinski definition) is 2. The van der Waals surface area contributed by atoms with Crippen LogP contribution in [-0.4, -0.2) is 21.1 Å². The Morgan fingerprint density at radius 2 is 2.31 bits per heavy atom. The third-order valence-electron chi connectivity index (χ3n) is 1.34. The number of nitrogens with one attached hydrogen (secondary N) is 2. The van der Waals surface area contributed by atoms with Crippen LogP contribution in [0.3, 0.4) is 0 Å². The highest BCUT2D eigenvalue weighted by atomic mass is 16.2. The van der Waals surface area contributed by atoms with Crippen molar-refractivity contribution < 1.29 is 4.79 Å². The molecule has 0 aliphatic heterocycles. The van der Waals surface area contributed by atoms with Crippen molar-refractivity contribution >= 4 is 11.9 Å². The van der Waals surface area contributed by atoms with E-state index >= 15 is 0 Å². The number of carbonyl (C=O) groups is 1. The molecule has 0 aromatic carbocycles. The van der Waals surface area contributed by atoms with Crippen molar-refractivity contribution in [2.24, 2.45) is 5.92 Å². The van der Waals surface area contributed by atoms with Crippen LogP contribution >= 0.6 is 0 Å². The lowest BCUT2D eigenvalue weighted by molar-refractivity contribution is -0.118. The van der Waals surface area contributed by atoms with Gasteiger partial charge >= 0.3 is 0 Å². The Labute approximate surface area is 74.4 Å². The van der Waals surface area contributed by atoms with Crippen LogP contribution in [-0.2, 0) is 4.79 Å². The number of hydrogen-bond acceptors (Lipinski definition) is 4. The molecule has 0 radical (unpaired) electrons. The lowest BCUT2D eigenvalue weighted by atomic mass is 10.2. The molecule has 13 heavy (non-hydrogen) atoms. The maximum atomic E-state index is 11.1. The van der Waals surface area contributed by atoms with Gasteiger partial charge in [0.05, 0.1) is 0 Å². The van der Waals surface area contributed by atoms with Gasteiger partial charge < -0.3 is 0 Å². The highest BCUT2D eigenvalue weighted by molar-refractivity contribution is 5.90. The van der Waals surface area contributed by atoms with Crippen LogP contribution in [0.15, 0.2) is 11.0 Å². The molecule has 0 fully saturated rings. The zero-order chi connectivity index (χ0) is 9.84. The molecule has 2 N–H and O–H groups in total. The molecule has 6 nitrogen and oxygen atoms in total. The van der Waals surface area contributed by atoms with E-state index in [1.165, 1.54) is 0 Å². The zero-order valence-electron chi connectivity index (χ0n) is 7.37. The summed E-state index contributed by atoms with van der Waals surface area (Å²) in [5, 5.41) is 9.33. The minimum absolute atomic E-state index is 0.0752. The SMILES string of the molecule is CC(C)C(=O)Nc1nncc(=O)[nH]1. The van der Waals surface area contributed by atoms with Gasteiger partial charge in [-0.3, -0.25) is 19.9 Å². The van der Waals surface area contributed by atoms with Gasteiger partial charge in [0.15, 0.2) is 0 Å². The van der Waals surface area contributed by atoms with Gasteiger partial charge in [-0.05, 0) is 0 Å². The van der Waals surface area contributed by atoms with Gasteiger partial charge in [-0.2, -0.15) is 0 Å². The number of H-pyrrole nitrogens is 1. The first-order chi connectivity index (χ1) is 6.09. The van der Waals surface area contributed by atoms with Gasteiger partial charge in [0, 0.05) is 5.92 Å². The maximum Gasteiger partial charge on any atom is 0.271 e. The number of aromatic nitrogens is 3. The van der Waals surface area contributed by atoms with E-state index in [1.807, 2.05) is 0 Å².